The zero-order valence-electron chi connectivity index (χ0n) is 10.1. The first-order valence-corrected chi connectivity index (χ1v) is 5.43. The molecule has 0 radical (unpaired) electrons. The van der Waals surface area contributed by atoms with Crippen molar-refractivity contribution in [2.24, 2.45) is 5.73 Å². The number of benzene rings is 1. The number of hydrogen-bond donors (Lipinski definition) is 2. The molecule has 1 unspecified atom stereocenters. The maximum atomic E-state index is 11.4. The van der Waals surface area contributed by atoms with E-state index in [9.17, 15) is 9.59 Å². The maximum absolute atomic E-state index is 11.4. The lowest BCUT2D eigenvalue weighted by Crippen LogP contribution is -2.40. The van der Waals surface area contributed by atoms with Crippen LogP contribution in [0.25, 0.3) is 0 Å². The lowest BCUT2D eigenvalue weighted by atomic mass is 10.2. The molecule has 0 bridgehead atoms. The molecular weight excluding hydrogens is 236 g/mol. The Labute approximate surface area is 105 Å². The van der Waals surface area contributed by atoms with Gasteiger partial charge in [0.25, 0.3) is 5.91 Å². The first-order valence-electron chi connectivity index (χ1n) is 5.43. The Morgan fingerprint density at radius 1 is 1.33 bits per heavy atom. The molecule has 0 saturated carbocycles. The van der Waals surface area contributed by atoms with Crippen molar-refractivity contribution in [2.45, 2.75) is 12.7 Å². The van der Waals surface area contributed by atoms with Crippen LogP contribution in [0.15, 0.2) is 30.3 Å². The van der Waals surface area contributed by atoms with E-state index < -0.39 is 18.1 Å². The summed E-state index contributed by atoms with van der Waals surface area (Å²) in [5, 5.41) is 2.37. The van der Waals surface area contributed by atoms with Crippen LogP contribution in [0.4, 0.5) is 4.79 Å². The second-order valence-corrected chi connectivity index (χ2v) is 3.54. The van der Waals surface area contributed by atoms with E-state index in [2.05, 4.69) is 10.1 Å². The zero-order valence-corrected chi connectivity index (χ0v) is 10.1. The van der Waals surface area contributed by atoms with Gasteiger partial charge in [-0.3, -0.25) is 4.79 Å². The van der Waals surface area contributed by atoms with Crippen molar-refractivity contribution in [3.05, 3.63) is 35.9 Å². The van der Waals surface area contributed by atoms with Gasteiger partial charge in [0, 0.05) is 7.05 Å². The molecule has 0 saturated heterocycles. The highest BCUT2D eigenvalue weighted by Gasteiger charge is 2.20. The molecule has 0 aromatic heterocycles. The van der Waals surface area contributed by atoms with Gasteiger partial charge in [-0.05, 0) is 5.56 Å². The van der Waals surface area contributed by atoms with Crippen LogP contribution in [0.5, 0.6) is 0 Å². The van der Waals surface area contributed by atoms with Crippen molar-refractivity contribution < 1.29 is 19.1 Å². The summed E-state index contributed by atoms with van der Waals surface area (Å²) in [5.41, 5.74) is 5.84. The van der Waals surface area contributed by atoms with Crippen molar-refractivity contribution in [3.63, 3.8) is 0 Å². The second-order valence-electron chi connectivity index (χ2n) is 3.54. The molecule has 98 valence electrons. The van der Waals surface area contributed by atoms with Crippen LogP contribution in [-0.4, -0.2) is 31.8 Å². The number of amides is 2. The molecular formula is C12H16N2O4. The van der Waals surface area contributed by atoms with E-state index in [1.54, 1.807) is 0 Å². The summed E-state index contributed by atoms with van der Waals surface area (Å²) in [5.74, 6) is -0.457. The Balaban J connectivity index is 2.42. The van der Waals surface area contributed by atoms with E-state index in [0.29, 0.717) is 6.61 Å². The number of carbonyl (C=O) groups is 2. The van der Waals surface area contributed by atoms with Crippen LogP contribution in [-0.2, 0) is 20.9 Å². The van der Waals surface area contributed by atoms with Gasteiger partial charge in [-0.15, -0.1) is 0 Å². The van der Waals surface area contributed by atoms with Gasteiger partial charge in [-0.2, -0.15) is 0 Å². The summed E-state index contributed by atoms with van der Waals surface area (Å²) < 4.78 is 9.95. The molecule has 0 fully saturated rings. The average Bonchev–Trinajstić information content (AvgIpc) is 2.37. The smallest absolute Gasteiger partial charge is 0.405 e. The van der Waals surface area contributed by atoms with Gasteiger partial charge in [-0.1, -0.05) is 30.3 Å². The Hall–Kier alpha value is -2.08. The molecule has 2 amide bonds. The molecule has 0 aliphatic heterocycles. The molecule has 0 heterocycles. The highest BCUT2D eigenvalue weighted by molar-refractivity contribution is 5.83. The van der Waals surface area contributed by atoms with Gasteiger partial charge < -0.3 is 20.5 Å². The summed E-state index contributed by atoms with van der Waals surface area (Å²) in [6.07, 6.45) is -2.04. The van der Waals surface area contributed by atoms with Crippen molar-refractivity contribution in [3.8, 4) is 0 Å². The quantitative estimate of drug-likeness (QED) is 0.767. The van der Waals surface area contributed by atoms with Crippen LogP contribution in [0, 0.1) is 0 Å². The van der Waals surface area contributed by atoms with E-state index in [-0.39, 0.29) is 6.61 Å². The van der Waals surface area contributed by atoms with Gasteiger partial charge in [-0.25, -0.2) is 4.79 Å². The third-order valence-electron chi connectivity index (χ3n) is 2.18. The molecule has 1 aromatic rings. The number of primary amides is 1. The molecule has 6 heteroatoms. The van der Waals surface area contributed by atoms with Gasteiger partial charge in [0.2, 0.25) is 6.10 Å². The lowest BCUT2D eigenvalue weighted by Gasteiger charge is -2.15. The average molecular weight is 252 g/mol. The van der Waals surface area contributed by atoms with E-state index in [1.165, 1.54) is 7.05 Å². The molecule has 0 aliphatic carbocycles. The predicted octanol–water partition coefficient (Wildman–Crippen LogP) is 0.413. The predicted molar refractivity (Wildman–Crippen MR) is 64.6 cm³/mol. The number of hydrogen-bond acceptors (Lipinski definition) is 4. The van der Waals surface area contributed by atoms with Crippen molar-refractivity contribution >= 4 is 12.0 Å². The third-order valence-corrected chi connectivity index (χ3v) is 2.18. The molecule has 1 rings (SSSR count). The number of rotatable bonds is 6. The van der Waals surface area contributed by atoms with Gasteiger partial charge >= 0.3 is 6.09 Å². The van der Waals surface area contributed by atoms with Crippen molar-refractivity contribution in [1.82, 2.24) is 5.32 Å². The Kier molecular flexibility index (Phi) is 5.66. The Bertz CT molecular complexity index is 394. The van der Waals surface area contributed by atoms with Gasteiger partial charge in [0.05, 0.1) is 13.2 Å². The minimum atomic E-state index is -1.03. The fourth-order valence-corrected chi connectivity index (χ4v) is 1.32. The number of nitrogens with two attached hydrogens (primary N) is 1. The largest absolute Gasteiger partial charge is 0.434 e. The number of ether oxygens (including phenoxy) is 2. The van der Waals surface area contributed by atoms with Crippen LogP contribution < -0.4 is 11.1 Å². The molecule has 1 atom stereocenters. The summed E-state index contributed by atoms with van der Waals surface area (Å²) in [7, 11) is 1.44. The van der Waals surface area contributed by atoms with E-state index in [0.717, 1.165) is 5.56 Å². The standard InChI is InChI=1S/C12H16N2O4/c1-14-11(15)10(18-12(13)16)8-17-7-9-5-3-2-4-6-9/h2-6,10H,7-8H2,1H3,(H2,13,16)(H,14,15). The van der Waals surface area contributed by atoms with Crippen molar-refractivity contribution in [1.29, 1.82) is 0 Å². The molecule has 0 spiro atoms. The maximum Gasteiger partial charge on any atom is 0.405 e. The Morgan fingerprint density at radius 2 is 2.00 bits per heavy atom. The molecule has 1 aromatic carbocycles. The number of carbonyl (C=O) groups excluding carboxylic acids is 2. The minimum absolute atomic E-state index is 0.0441. The fourth-order valence-electron chi connectivity index (χ4n) is 1.32. The summed E-state index contributed by atoms with van der Waals surface area (Å²) >= 11 is 0. The van der Waals surface area contributed by atoms with Crippen LogP contribution >= 0.6 is 0 Å². The summed E-state index contributed by atoms with van der Waals surface area (Å²) in [6.45, 7) is 0.286. The van der Waals surface area contributed by atoms with E-state index in [1.807, 2.05) is 30.3 Å². The zero-order chi connectivity index (χ0) is 13.4. The van der Waals surface area contributed by atoms with Crippen LogP contribution in [0.2, 0.25) is 0 Å². The summed E-state index contributed by atoms with van der Waals surface area (Å²) in [4.78, 5) is 22.0. The fraction of sp³-hybridized carbons (Fsp3) is 0.333. The topological polar surface area (TPSA) is 90.7 Å². The Morgan fingerprint density at radius 3 is 2.56 bits per heavy atom. The lowest BCUT2D eigenvalue weighted by molar-refractivity contribution is -0.132. The van der Waals surface area contributed by atoms with E-state index >= 15 is 0 Å². The molecule has 6 nitrogen and oxygen atoms in total. The van der Waals surface area contributed by atoms with Gasteiger partial charge in [0.15, 0.2) is 0 Å². The first-order chi connectivity index (χ1) is 8.63. The highest BCUT2D eigenvalue weighted by Crippen LogP contribution is 2.02. The second kappa shape index (κ2) is 7.29. The number of likely N-dealkylation sites (N-methyl/N-ethyl adjacent to an activating group) is 1. The molecule has 18 heavy (non-hydrogen) atoms. The van der Waals surface area contributed by atoms with E-state index in [4.69, 9.17) is 10.5 Å². The number of nitrogens with one attached hydrogen (secondary N) is 1. The third kappa shape index (κ3) is 4.84. The first kappa shape index (κ1) is 14.0. The summed E-state index contributed by atoms with van der Waals surface area (Å²) in [6, 6.07) is 9.45. The molecule has 3 N–H and O–H groups in total. The monoisotopic (exact) mass is 252 g/mol. The SMILES string of the molecule is CNC(=O)C(COCc1ccccc1)OC(N)=O. The van der Waals surface area contributed by atoms with Gasteiger partial charge in [0.1, 0.15) is 0 Å². The highest BCUT2D eigenvalue weighted by atomic mass is 16.6. The van der Waals surface area contributed by atoms with Crippen LogP contribution in [0.3, 0.4) is 0 Å². The molecule has 0 aliphatic rings. The van der Waals surface area contributed by atoms with Crippen LogP contribution in [0.1, 0.15) is 5.56 Å². The normalized spacial score (nSPS) is 11.6. The minimum Gasteiger partial charge on any atom is -0.434 e. The van der Waals surface area contributed by atoms with Crippen molar-refractivity contribution in [2.75, 3.05) is 13.7 Å².